The number of ether oxygens (including phenoxy) is 2. The number of likely N-dealkylation sites (N-methyl/N-ethyl adjacent to an activating group) is 1. The summed E-state index contributed by atoms with van der Waals surface area (Å²) in [5, 5.41) is 0. The summed E-state index contributed by atoms with van der Waals surface area (Å²) in [5.41, 5.74) is 0. The molecule has 0 aromatic rings. The molecule has 0 aliphatic rings. The van der Waals surface area contributed by atoms with Crippen LogP contribution in [-0.4, -0.2) is 56.8 Å². The van der Waals surface area contributed by atoms with E-state index in [0.717, 1.165) is 6.42 Å². The minimum atomic E-state index is -0.425. The van der Waals surface area contributed by atoms with Gasteiger partial charge in [0.15, 0.2) is 6.10 Å². The molecule has 0 unspecified atom stereocenters. The van der Waals surface area contributed by atoms with Gasteiger partial charge in [0.2, 0.25) is 0 Å². The number of hydrogen-bond donors (Lipinski definition) is 0. The van der Waals surface area contributed by atoms with Gasteiger partial charge in [0, 0.05) is 6.42 Å². The molecule has 0 saturated carbocycles. The van der Waals surface area contributed by atoms with E-state index in [-0.39, 0.29) is 24.3 Å². The highest BCUT2D eigenvalue weighted by Gasteiger charge is 2.25. The Morgan fingerprint density at radius 1 is 1.05 bits per heavy atom. The van der Waals surface area contributed by atoms with Crippen molar-refractivity contribution in [3.8, 4) is 0 Å². The second kappa shape index (κ2) is 8.95. The molecule has 5 nitrogen and oxygen atoms in total. The van der Waals surface area contributed by atoms with Crippen LogP contribution in [0.5, 0.6) is 0 Å². The Labute approximate surface area is 122 Å². The van der Waals surface area contributed by atoms with Crippen molar-refractivity contribution < 1.29 is 23.5 Å². The van der Waals surface area contributed by atoms with E-state index >= 15 is 0 Å². The van der Waals surface area contributed by atoms with Crippen LogP contribution < -0.4 is 0 Å². The van der Waals surface area contributed by atoms with Crippen molar-refractivity contribution in [2.45, 2.75) is 46.1 Å². The number of nitrogens with zero attached hydrogens (tertiary/aromatic N) is 1. The topological polar surface area (TPSA) is 52.6 Å². The molecule has 0 bridgehead atoms. The first-order valence-electron chi connectivity index (χ1n) is 7.29. The van der Waals surface area contributed by atoms with E-state index < -0.39 is 6.10 Å². The predicted molar refractivity (Wildman–Crippen MR) is 78.1 cm³/mol. The quantitative estimate of drug-likeness (QED) is 0.481. The molecule has 20 heavy (non-hydrogen) atoms. The number of carbonyl (C=O) groups is 2. The zero-order valence-corrected chi connectivity index (χ0v) is 13.8. The molecule has 0 rings (SSSR count). The number of carbonyl (C=O) groups excluding carboxylic acids is 2. The third-order valence-corrected chi connectivity index (χ3v) is 2.49. The van der Waals surface area contributed by atoms with E-state index in [9.17, 15) is 9.59 Å². The molecule has 0 radical (unpaired) electrons. The highest BCUT2D eigenvalue weighted by Crippen LogP contribution is 2.10. The monoisotopic (exact) mass is 288 g/mol. The molecule has 0 aliphatic carbocycles. The van der Waals surface area contributed by atoms with E-state index in [2.05, 4.69) is 0 Å². The van der Waals surface area contributed by atoms with Gasteiger partial charge in [-0.25, -0.2) is 0 Å². The van der Waals surface area contributed by atoms with Crippen molar-refractivity contribution in [3.63, 3.8) is 0 Å². The van der Waals surface area contributed by atoms with Crippen molar-refractivity contribution in [1.29, 1.82) is 0 Å². The van der Waals surface area contributed by atoms with Gasteiger partial charge in [0.25, 0.3) is 0 Å². The lowest BCUT2D eigenvalue weighted by Crippen LogP contribution is -2.44. The molecule has 118 valence electrons. The normalized spacial score (nSPS) is 13.2. The molecule has 0 N–H and O–H groups in total. The maximum atomic E-state index is 11.8. The van der Waals surface area contributed by atoms with Crippen molar-refractivity contribution in [1.82, 2.24) is 0 Å². The second-order valence-electron chi connectivity index (χ2n) is 6.61. The van der Waals surface area contributed by atoms with Crippen LogP contribution in [0.25, 0.3) is 0 Å². The molecule has 5 heteroatoms. The van der Waals surface area contributed by atoms with Crippen molar-refractivity contribution in [3.05, 3.63) is 0 Å². The summed E-state index contributed by atoms with van der Waals surface area (Å²) >= 11 is 0. The lowest BCUT2D eigenvalue weighted by molar-refractivity contribution is -0.873. The maximum absolute atomic E-state index is 11.8. The highest BCUT2D eigenvalue weighted by molar-refractivity contribution is 5.72. The number of esters is 2. The molecule has 0 aliphatic heterocycles. The fourth-order valence-electron chi connectivity index (χ4n) is 1.78. The van der Waals surface area contributed by atoms with Gasteiger partial charge in [-0.05, 0) is 12.3 Å². The first-order chi connectivity index (χ1) is 9.14. The van der Waals surface area contributed by atoms with Crippen LogP contribution in [-0.2, 0) is 19.1 Å². The Morgan fingerprint density at radius 3 is 2.10 bits per heavy atom. The summed E-state index contributed by atoms with van der Waals surface area (Å²) in [5.74, 6) is -0.302. The summed E-state index contributed by atoms with van der Waals surface area (Å²) < 4.78 is 11.1. The van der Waals surface area contributed by atoms with Gasteiger partial charge in [0.05, 0.1) is 34.2 Å². The van der Waals surface area contributed by atoms with E-state index in [0.29, 0.717) is 24.1 Å². The Morgan fingerprint density at radius 2 is 1.65 bits per heavy atom. The fourth-order valence-corrected chi connectivity index (χ4v) is 1.78. The van der Waals surface area contributed by atoms with Gasteiger partial charge < -0.3 is 14.0 Å². The van der Waals surface area contributed by atoms with Crippen LogP contribution >= 0.6 is 0 Å². The van der Waals surface area contributed by atoms with Gasteiger partial charge >= 0.3 is 11.9 Å². The summed E-state index contributed by atoms with van der Waals surface area (Å²) in [7, 11) is 6.00. The zero-order chi connectivity index (χ0) is 15.8. The highest BCUT2D eigenvalue weighted by atomic mass is 16.6. The Kier molecular flexibility index (Phi) is 8.46. The Bertz CT molecular complexity index is 307. The summed E-state index contributed by atoms with van der Waals surface area (Å²) in [4.78, 5) is 23.4. The number of rotatable bonds is 9. The van der Waals surface area contributed by atoms with E-state index in [1.54, 1.807) is 0 Å². The first kappa shape index (κ1) is 18.9. The van der Waals surface area contributed by atoms with Gasteiger partial charge in [-0.3, -0.25) is 9.59 Å². The lowest BCUT2D eigenvalue weighted by atomic mass is 10.1. The van der Waals surface area contributed by atoms with Crippen LogP contribution in [0.3, 0.4) is 0 Å². The minimum Gasteiger partial charge on any atom is -0.466 e. The molecule has 0 amide bonds. The molecule has 0 saturated heterocycles. The van der Waals surface area contributed by atoms with Crippen LogP contribution in [0.4, 0.5) is 0 Å². The molecule has 1 atom stereocenters. The van der Waals surface area contributed by atoms with Gasteiger partial charge in [0.1, 0.15) is 6.54 Å². The number of quaternary nitrogens is 1. The zero-order valence-electron chi connectivity index (χ0n) is 13.8. The Balaban J connectivity index is 4.48. The van der Waals surface area contributed by atoms with Crippen molar-refractivity contribution in [2.24, 2.45) is 5.92 Å². The van der Waals surface area contributed by atoms with E-state index in [4.69, 9.17) is 9.47 Å². The summed E-state index contributed by atoms with van der Waals surface area (Å²) in [6.07, 6.45) is 0.862. The average molecular weight is 288 g/mol. The number of hydrogen-bond acceptors (Lipinski definition) is 4. The van der Waals surface area contributed by atoms with Gasteiger partial charge in [-0.1, -0.05) is 20.8 Å². The lowest BCUT2D eigenvalue weighted by Gasteiger charge is -2.28. The fraction of sp³-hybridized carbons (Fsp3) is 0.867. The molecular weight excluding hydrogens is 258 g/mol. The van der Waals surface area contributed by atoms with Gasteiger partial charge in [-0.2, -0.15) is 0 Å². The Hall–Kier alpha value is -1.10. The van der Waals surface area contributed by atoms with E-state index in [1.165, 1.54) is 0 Å². The molecule has 0 aromatic carbocycles. The predicted octanol–water partition coefficient (Wildman–Crippen LogP) is 1.99. The van der Waals surface area contributed by atoms with Crippen LogP contribution in [0.15, 0.2) is 0 Å². The second-order valence-corrected chi connectivity index (χ2v) is 6.61. The van der Waals surface area contributed by atoms with Crippen molar-refractivity contribution >= 4 is 11.9 Å². The van der Waals surface area contributed by atoms with Crippen LogP contribution in [0, 0.1) is 5.92 Å². The molecule has 0 aromatic heterocycles. The van der Waals surface area contributed by atoms with E-state index in [1.807, 2.05) is 41.9 Å². The smallest absolute Gasteiger partial charge is 0.309 e. The van der Waals surface area contributed by atoms with Crippen LogP contribution in [0.2, 0.25) is 0 Å². The third kappa shape index (κ3) is 10.8. The SMILES string of the molecule is CCCOC(=O)C[C@H](C[N+](C)(C)C)OC(=O)CC(C)C. The summed E-state index contributed by atoms with van der Waals surface area (Å²) in [6, 6.07) is 0. The third-order valence-electron chi connectivity index (χ3n) is 2.49. The first-order valence-corrected chi connectivity index (χ1v) is 7.29. The summed E-state index contributed by atoms with van der Waals surface area (Å²) in [6.45, 7) is 6.87. The molecule has 0 spiro atoms. The maximum Gasteiger partial charge on any atom is 0.309 e. The van der Waals surface area contributed by atoms with Crippen molar-refractivity contribution in [2.75, 3.05) is 34.3 Å². The molecular formula is C15H30NO4+. The molecule has 0 fully saturated rings. The molecule has 0 heterocycles. The van der Waals surface area contributed by atoms with Crippen LogP contribution in [0.1, 0.15) is 40.0 Å². The van der Waals surface area contributed by atoms with Gasteiger partial charge in [-0.15, -0.1) is 0 Å². The average Bonchev–Trinajstić information content (AvgIpc) is 2.22. The standard InChI is InChI=1S/C15H30NO4/c1-7-8-19-14(17)10-13(11-16(4,5)6)20-15(18)9-12(2)3/h12-13H,7-11H2,1-6H3/q+1/t13-/m1/s1. The largest absolute Gasteiger partial charge is 0.466 e. The minimum absolute atomic E-state index is 0.124.